The number of methoxy groups -OCH3 is 1. The van der Waals surface area contributed by atoms with Crippen molar-refractivity contribution in [3.63, 3.8) is 0 Å². The molecule has 25 heavy (non-hydrogen) atoms. The van der Waals surface area contributed by atoms with Crippen molar-refractivity contribution in [3.8, 4) is 5.75 Å². The van der Waals surface area contributed by atoms with E-state index in [0.717, 1.165) is 45.6 Å². The largest absolute Gasteiger partial charge is 0.495 e. The Balaban J connectivity index is 1.55. The summed E-state index contributed by atoms with van der Waals surface area (Å²) in [5.41, 5.74) is 0.459. The number of para-hydroxylation sites is 2. The summed E-state index contributed by atoms with van der Waals surface area (Å²) in [7, 11) is 1.52. The highest BCUT2D eigenvalue weighted by molar-refractivity contribution is 6.39. The van der Waals surface area contributed by atoms with Crippen LogP contribution in [0.25, 0.3) is 0 Å². The van der Waals surface area contributed by atoms with E-state index < -0.39 is 11.8 Å². The predicted molar refractivity (Wildman–Crippen MR) is 93.6 cm³/mol. The predicted octanol–water partition coefficient (Wildman–Crippen LogP) is 1.00. The van der Waals surface area contributed by atoms with Crippen LogP contribution in [-0.2, 0) is 14.3 Å². The van der Waals surface area contributed by atoms with Crippen molar-refractivity contribution in [1.29, 1.82) is 0 Å². The van der Waals surface area contributed by atoms with Crippen molar-refractivity contribution in [2.24, 2.45) is 0 Å². The zero-order chi connectivity index (χ0) is 17.7. The zero-order valence-corrected chi connectivity index (χ0v) is 14.5. The minimum absolute atomic E-state index is 0.0237. The first-order valence-electron chi connectivity index (χ1n) is 8.70. The second-order valence-electron chi connectivity index (χ2n) is 6.51. The molecule has 3 rings (SSSR count). The summed E-state index contributed by atoms with van der Waals surface area (Å²) in [6, 6.07) is 7.01. The Hall–Kier alpha value is -2.12. The van der Waals surface area contributed by atoms with E-state index in [1.165, 1.54) is 7.11 Å². The van der Waals surface area contributed by atoms with Gasteiger partial charge in [-0.1, -0.05) is 12.1 Å². The van der Waals surface area contributed by atoms with E-state index in [0.29, 0.717) is 18.0 Å². The maximum absolute atomic E-state index is 12.2. The third-order valence-corrected chi connectivity index (χ3v) is 5.11. The SMILES string of the molecule is COc1ccccc1NC(=O)C(=O)NCC1(N2CCOCC2)CCC1. The Bertz CT molecular complexity index is 625. The highest BCUT2D eigenvalue weighted by Gasteiger charge is 2.43. The smallest absolute Gasteiger partial charge is 0.313 e. The van der Waals surface area contributed by atoms with Gasteiger partial charge < -0.3 is 20.1 Å². The lowest BCUT2D eigenvalue weighted by molar-refractivity contribution is -0.137. The number of nitrogens with one attached hydrogen (secondary N) is 2. The maximum atomic E-state index is 12.2. The Kier molecular flexibility index (Phi) is 5.55. The molecule has 2 aliphatic rings. The van der Waals surface area contributed by atoms with Gasteiger partial charge in [-0.3, -0.25) is 14.5 Å². The Morgan fingerprint density at radius 2 is 1.92 bits per heavy atom. The highest BCUT2D eigenvalue weighted by atomic mass is 16.5. The van der Waals surface area contributed by atoms with Crippen molar-refractivity contribution < 1.29 is 19.1 Å². The quantitative estimate of drug-likeness (QED) is 0.777. The number of benzene rings is 1. The molecular formula is C18H25N3O4. The summed E-state index contributed by atoms with van der Waals surface area (Å²) in [5.74, 6) is -0.779. The van der Waals surface area contributed by atoms with Gasteiger partial charge in [0.15, 0.2) is 0 Å². The van der Waals surface area contributed by atoms with Gasteiger partial charge in [0.25, 0.3) is 0 Å². The van der Waals surface area contributed by atoms with Crippen molar-refractivity contribution >= 4 is 17.5 Å². The zero-order valence-electron chi connectivity index (χ0n) is 14.5. The minimum Gasteiger partial charge on any atom is -0.495 e. The van der Waals surface area contributed by atoms with Crippen LogP contribution in [0, 0.1) is 0 Å². The number of carbonyl (C=O) groups excluding carboxylic acids is 2. The topological polar surface area (TPSA) is 79.9 Å². The van der Waals surface area contributed by atoms with Crippen molar-refractivity contribution in [2.45, 2.75) is 24.8 Å². The van der Waals surface area contributed by atoms with Crippen molar-refractivity contribution in [2.75, 3.05) is 45.3 Å². The molecule has 1 saturated heterocycles. The van der Waals surface area contributed by atoms with E-state index in [9.17, 15) is 9.59 Å². The van der Waals surface area contributed by atoms with Gasteiger partial charge in [-0.25, -0.2) is 0 Å². The fourth-order valence-corrected chi connectivity index (χ4v) is 3.48. The molecule has 1 aliphatic heterocycles. The Morgan fingerprint density at radius 1 is 1.20 bits per heavy atom. The summed E-state index contributed by atoms with van der Waals surface area (Å²) in [6.07, 6.45) is 3.24. The van der Waals surface area contributed by atoms with Gasteiger partial charge in [0, 0.05) is 25.2 Å². The molecule has 1 aromatic rings. The second kappa shape index (κ2) is 7.84. The summed E-state index contributed by atoms with van der Waals surface area (Å²) in [5, 5.41) is 5.41. The first kappa shape index (κ1) is 17.7. The fraction of sp³-hybridized carbons (Fsp3) is 0.556. The molecule has 0 unspecified atom stereocenters. The molecular weight excluding hydrogens is 322 g/mol. The van der Waals surface area contributed by atoms with Crippen LogP contribution in [0.1, 0.15) is 19.3 Å². The molecule has 1 aliphatic carbocycles. The molecule has 1 aromatic carbocycles. The first-order chi connectivity index (χ1) is 12.1. The number of amides is 2. The molecule has 0 radical (unpaired) electrons. The molecule has 1 heterocycles. The minimum atomic E-state index is -0.680. The van der Waals surface area contributed by atoms with E-state index in [4.69, 9.17) is 9.47 Å². The summed E-state index contributed by atoms with van der Waals surface area (Å²) in [6.45, 7) is 3.70. The van der Waals surface area contributed by atoms with Gasteiger partial charge in [0.1, 0.15) is 5.75 Å². The van der Waals surface area contributed by atoms with Gasteiger partial charge in [0.05, 0.1) is 26.0 Å². The van der Waals surface area contributed by atoms with Crippen LogP contribution in [0.2, 0.25) is 0 Å². The molecule has 2 fully saturated rings. The molecule has 2 amide bonds. The number of morpholine rings is 1. The number of rotatable bonds is 5. The molecule has 0 atom stereocenters. The van der Waals surface area contributed by atoms with Crippen LogP contribution in [-0.4, -0.2) is 62.2 Å². The fourth-order valence-electron chi connectivity index (χ4n) is 3.48. The normalized spacial score (nSPS) is 19.6. The molecule has 1 saturated carbocycles. The lowest BCUT2D eigenvalue weighted by Crippen LogP contribution is -2.63. The van der Waals surface area contributed by atoms with Crippen molar-refractivity contribution in [3.05, 3.63) is 24.3 Å². The third-order valence-electron chi connectivity index (χ3n) is 5.11. The first-order valence-corrected chi connectivity index (χ1v) is 8.70. The summed E-state index contributed by atoms with van der Waals surface area (Å²) < 4.78 is 10.6. The van der Waals surface area contributed by atoms with E-state index in [1.54, 1.807) is 24.3 Å². The number of hydrogen-bond acceptors (Lipinski definition) is 5. The number of hydrogen-bond donors (Lipinski definition) is 2. The number of carbonyl (C=O) groups is 2. The summed E-state index contributed by atoms with van der Waals surface area (Å²) in [4.78, 5) is 26.8. The Morgan fingerprint density at radius 3 is 2.56 bits per heavy atom. The number of ether oxygens (including phenoxy) is 2. The third kappa shape index (κ3) is 3.93. The highest BCUT2D eigenvalue weighted by Crippen LogP contribution is 2.37. The number of anilines is 1. The van der Waals surface area contributed by atoms with Gasteiger partial charge in [-0.2, -0.15) is 0 Å². The van der Waals surface area contributed by atoms with Crippen LogP contribution in [0.3, 0.4) is 0 Å². The molecule has 7 heteroatoms. The van der Waals surface area contributed by atoms with Crippen LogP contribution in [0.5, 0.6) is 5.75 Å². The molecule has 0 spiro atoms. The molecule has 136 valence electrons. The summed E-state index contributed by atoms with van der Waals surface area (Å²) >= 11 is 0. The molecule has 0 bridgehead atoms. The average molecular weight is 347 g/mol. The van der Waals surface area contributed by atoms with Gasteiger partial charge in [0.2, 0.25) is 0 Å². The molecule has 2 N–H and O–H groups in total. The molecule has 0 aromatic heterocycles. The van der Waals surface area contributed by atoms with E-state index >= 15 is 0 Å². The van der Waals surface area contributed by atoms with Crippen LogP contribution in [0.4, 0.5) is 5.69 Å². The van der Waals surface area contributed by atoms with Gasteiger partial charge >= 0.3 is 11.8 Å². The van der Waals surface area contributed by atoms with E-state index in [2.05, 4.69) is 15.5 Å². The molecule has 7 nitrogen and oxygen atoms in total. The average Bonchev–Trinajstić information content (AvgIpc) is 2.62. The van der Waals surface area contributed by atoms with Crippen LogP contribution >= 0.6 is 0 Å². The van der Waals surface area contributed by atoms with Gasteiger partial charge in [-0.15, -0.1) is 0 Å². The van der Waals surface area contributed by atoms with E-state index in [-0.39, 0.29) is 5.54 Å². The van der Waals surface area contributed by atoms with E-state index in [1.807, 2.05) is 0 Å². The second-order valence-corrected chi connectivity index (χ2v) is 6.51. The lowest BCUT2D eigenvalue weighted by atomic mass is 9.75. The Labute approximate surface area is 147 Å². The van der Waals surface area contributed by atoms with Gasteiger partial charge in [-0.05, 0) is 31.4 Å². The standard InChI is InChI=1S/C18H25N3O4/c1-24-15-6-3-2-5-14(15)20-17(23)16(22)19-13-18(7-4-8-18)21-9-11-25-12-10-21/h2-3,5-6H,4,7-13H2,1H3,(H,19,22)(H,20,23). The van der Waals surface area contributed by atoms with Crippen LogP contribution in [0.15, 0.2) is 24.3 Å². The maximum Gasteiger partial charge on any atom is 0.313 e. The van der Waals surface area contributed by atoms with Crippen LogP contribution < -0.4 is 15.4 Å². The monoisotopic (exact) mass is 347 g/mol. The lowest BCUT2D eigenvalue weighted by Gasteiger charge is -2.51. The number of nitrogens with zero attached hydrogens (tertiary/aromatic N) is 1. The van der Waals surface area contributed by atoms with Crippen molar-refractivity contribution in [1.82, 2.24) is 10.2 Å².